The lowest BCUT2D eigenvalue weighted by atomic mass is 10.0. The molecular formula is C14H16N2O4S. The van der Waals surface area contributed by atoms with Crippen LogP contribution in [0.1, 0.15) is 22.5 Å². The molecule has 2 aromatic heterocycles. The van der Waals surface area contributed by atoms with Gasteiger partial charge in [0.05, 0.1) is 29.9 Å². The number of sulfone groups is 1. The quantitative estimate of drug-likeness (QED) is 0.793. The molecule has 6 nitrogen and oxygen atoms in total. The number of pyridine rings is 1. The van der Waals surface area contributed by atoms with Gasteiger partial charge in [-0.05, 0) is 30.9 Å². The highest BCUT2D eigenvalue weighted by Crippen LogP contribution is 2.22. The molecule has 1 atom stereocenters. The molecule has 0 radical (unpaired) electrons. The van der Waals surface area contributed by atoms with Crippen molar-refractivity contribution < 1.29 is 17.9 Å². The smallest absolute Gasteiger partial charge is 0.338 e. The minimum absolute atomic E-state index is 0.139. The third kappa shape index (κ3) is 2.92. The van der Waals surface area contributed by atoms with Crippen molar-refractivity contribution in [3.63, 3.8) is 0 Å². The number of rotatable bonds is 3. The highest BCUT2D eigenvalue weighted by Gasteiger charge is 2.28. The number of hydrogen-bond donors (Lipinski definition) is 0. The molecule has 3 heterocycles. The van der Waals surface area contributed by atoms with Gasteiger partial charge in [-0.3, -0.25) is 0 Å². The number of aromatic nitrogens is 2. The van der Waals surface area contributed by atoms with E-state index in [2.05, 4.69) is 9.72 Å². The standard InChI is InChI=1S/C14H16N2O4S/c1-20-14(17)11-2-4-16-8-12(15-13(16)7-11)6-10-3-5-21(18,19)9-10/h2,4,7-8,10H,3,5-6,9H2,1H3. The Bertz CT molecular complexity index is 794. The summed E-state index contributed by atoms with van der Waals surface area (Å²) < 4.78 is 29.5. The zero-order valence-corrected chi connectivity index (χ0v) is 12.5. The van der Waals surface area contributed by atoms with E-state index in [9.17, 15) is 13.2 Å². The van der Waals surface area contributed by atoms with Crippen LogP contribution >= 0.6 is 0 Å². The Morgan fingerprint density at radius 2 is 2.33 bits per heavy atom. The van der Waals surface area contributed by atoms with Gasteiger partial charge in [0.15, 0.2) is 9.84 Å². The van der Waals surface area contributed by atoms with Gasteiger partial charge in [-0.25, -0.2) is 18.2 Å². The molecule has 3 rings (SSSR count). The highest BCUT2D eigenvalue weighted by molar-refractivity contribution is 7.91. The van der Waals surface area contributed by atoms with Gasteiger partial charge in [0.2, 0.25) is 0 Å². The van der Waals surface area contributed by atoms with Crippen LogP contribution in [-0.4, -0.2) is 42.4 Å². The zero-order valence-electron chi connectivity index (χ0n) is 11.7. The zero-order chi connectivity index (χ0) is 15.0. The summed E-state index contributed by atoms with van der Waals surface area (Å²) >= 11 is 0. The van der Waals surface area contributed by atoms with Gasteiger partial charge in [-0.2, -0.15) is 0 Å². The lowest BCUT2D eigenvalue weighted by Crippen LogP contribution is -2.07. The average molecular weight is 308 g/mol. The lowest BCUT2D eigenvalue weighted by molar-refractivity contribution is 0.0600. The van der Waals surface area contributed by atoms with Crippen LogP contribution < -0.4 is 0 Å². The van der Waals surface area contributed by atoms with E-state index in [0.717, 1.165) is 5.69 Å². The second-order valence-electron chi connectivity index (χ2n) is 5.38. The Balaban J connectivity index is 1.83. The van der Waals surface area contributed by atoms with Crippen molar-refractivity contribution in [2.24, 2.45) is 5.92 Å². The van der Waals surface area contributed by atoms with Crippen LogP contribution in [0.5, 0.6) is 0 Å². The lowest BCUT2D eigenvalue weighted by Gasteiger charge is -2.03. The van der Waals surface area contributed by atoms with E-state index >= 15 is 0 Å². The number of imidazole rings is 1. The van der Waals surface area contributed by atoms with Crippen molar-refractivity contribution in [3.8, 4) is 0 Å². The molecule has 0 bridgehead atoms. The summed E-state index contributed by atoms with van der Waals surface area (Å²) in [6.45, 7) is 0. The van der Waals surface area contributed by atoms with Gasteiger partial charge >= 0.3 is 5.97 Å². The van der Waals surface area contributed by atoms with Gasteiger partial charge < -0.3 is 9.14 Å². The molecule has 1 aliphatic heterocycles. The fraction of sp³-hybridized carbons (Fsp3) is 0.429. The number of ether oxygens (including phenoxy) is 1. The monoisotopic (exact) mass is 308 g/mol. The molecule has 0 saturated carbocycles. The summed E-state index contributed by atoms with van der Waals surface area (Å²) in [5, 5.41) is 0. The van der Waals surface area contributed by atoms with Crippen molar-refractivity contribution in [2.45, 2.75) is 12.8 Å². The molecule has 0 amide bonds. The van der Waals surface area contributed by atoms with Crippen LogP contribution in [0.2, 0.25) is 0 Å². The Morgan fingerprint density at radius 1 is 1.52 bits per heavy atom. The molecule has 0 spiro atoms. The molecule has 0 aliphatic carbocycles. The normalized spacial score (nSPS) is 20.7. The molecule has 21 heavy (non-hydrogen) atoms. The van der Waals surface area contributed by atoms with Gasteiger partial charge in [0.1, 0.15) is 5.65 Å². The third-order valence-electron chi connectivity index (χ3n) is 3.76. The van der Waals surface area contributed by atoms with E-state index in [1.54, 1.807) is 18.3 Å². The van der Waals surface area contributed by atoms with Crippen molar-refractivity contribution >= 4 is 21.5 Å². The number of nitrogens with zero attached hydrogens (tertiary/aromatic N) is 2. The summed E-state index contributed by atoms with van der Waals surface area (Å²) in [6.07, 6.45) is 4.98. The van der Waals surface area contributed by atoms with E-state index in [1.807, 2.05) is 10.6 Å². The molecule has 2 aromatic rings. The van der Waals surface area contributed by atoms with Gasteiger partial charge in [-0.1, -0.05) is 0 Å². The Morgan fingerprint density at radius 3 is 3.00 bits per heavy atom. The summed E-state index contributed by atoms with van der Waals surface area (Å²) in [7, 11) is -1.53. The molecule has 1 saturated heterocycles. The first-order chi connectivity index (χ1) is 9.97. The molecule has 0 N–H and O–H groups in total. The number of fused-ring (bicyclic) bond motifs is 1. The molecule has 1 aliphatic rings. The fourth-order valence-electron chi connectivity index (χ4n) is 2.71. The summed E-state index contributed by atoms with van der Waals surface area (Å²) in [4.78, 5) is 15.9. The molecule has 1 fully saturated rings. The van der Waals surface area contributed by atoms with Crippen molar-refractivity contribution in [1.82, 2.24) is 9.38 Å². The second-order valence-corrected chi connectivity index (χ2v) is 7.61. The second kappa shape index (κ2) is 5.14. The first-order valence-electron chi connectivity index (χ1n) is 6.73. The molecule has 1 unspecified atom stereocenters. The largest absolute Gasteiger partial charge is 0.465 e. The van der Waals surface area contributed by atoms with Crippen LogP contribution in [0.25, 0.3) is 5.65 Å². The van der Waals surface area contributed by atoms with Crippen LogP contribution in [0, 0.1) is 5.92 Å². The molecule has 112 valence electrons. The number of hydrogen-bond acceptors (Lipinski definition) is 5. The Labute approximate surface area is 122 Å². The van der Waals surface area contributed by atoms with Crippen molar-refractivity contribution in [2.75, 3.05) is 18.6 Å². The van der Waals surface area contributed by atoms with Crippen molar-refractivity contribution in [3.05, 3.63) is 35.8 Å². The van der Waals surface area contributed by atoms with E-state index in [0.29, 0.717) is 24.1 Å². The van der Waals surface area contributed by atoms with Gasteiger partial charge in [0.25, 0.3) is 0 Å². The van der Waals surface area contributed by atoms with E-state index in [4.69, 9.17) is 0 Å². The maximum absolute atomic E-state index is 11.5. The average Bonchev–Trinajstić information content (AvgIpc) is 2.99. The summed E-state index contributed by atoms with van der Waals surface area (Å²) in [6, 6.07) is 3.34. The summed E-state index contributed by atoms with van der Waals surface area (Å²) in [5.74, 6) is 0.259. The fourth-order valence-corrected chi connectivity index (χ4v) is 4.57. The van der Waals surface area contributed by atoms with Gasteiger partial charge in [0, 0.05) is 12.4 Å². The minimum Gasteiger partial charge on any atom is -0.465 e. The Hall–Kier alpha value is -1.89. The van der Waals surface area contributed by atoms with Crippen LogP contribution in [-0.2, 0) is 21.0 Å². The number of carbonyl (C=O) groups is 1. The van der Waals surface area contributed by atoms with E-state index in [-0.39, 0.29) is 17.4 Å². The van der Waals surface area contributed by atoms with Crippen LogP contribution in [0.15, 0.2) is 24.5 Å². The van der Waals surface area contributed by atoms with Crippen LogP contribution in [0.4, 0.5) is 0 Å². The van der Waals surface area contributed by atoms with Gasteiger partial charge in [-0.15, -0.1) is 0 Å². The number of methoxy groups -OCH3 is 1. The first-order valence-corrected chi connectivity index (χ1v) is 8.55. The molecular weight excluding hydrogens is 292 g/mol. The molecule has 0 aromatic carbocycles. The number of carbonyl (C=O) groups excluding carboxylic acids is 1. The van der Waals surface area contributed by atoms with E-state index in [1.165, 1.54) is 7.11 Å². The maximum atomic E-state index is 11.5. The predicted molar refractivity (Wildman–Crippen MR) is 77.0 cm³/mol. The topological polar surface area (TPSA) is 77.7 Å². The van der Waals surface area contributed by atoms with Crippen LogP contribution in [0.3, 0.4) is 0 Å². The maximum Gasteiger partial charge on any atom is 0.338 e. The van der Waals surface area contributed by atoms with E-state index < -0.39 is 15.8 Å². The first kappa shape index (κ1) is 14.1. The third-order valence-corrected chi connectivity index (χ3v) is 5.59. The molecule has 7 heteroatoms. The Kier molecular flexibility index (Phi) is 3.44. The minimum atomic E-state index is -2.86. The predicted octanol–water partition coefficient (Wildman–Crippen LogP) is 1.10. The van der Waals surface area contributed by atoms with Crippen molar-refractivity contribution in [1.29, 1.82) is 0 Å². The highest BCUT2D eigenvalue weighted by atomic mass is 32.2. The SMILES string of the molecule is COC(=O)c1ccn2cc(CC3CCS(=O)(=O)C3)nc2c1. The summed E-state index contributed by atoms with van der Waals surface area (Å²) in [5.41, 5.74) is 1.96. The number of esters is 1.